The Balaban J connectivity index is 1.26. The largest absolute Gasteiger partial charge is 0.376 e. The van der Waals surface area contributed by atoms with Crippen molar-refractivity contribution in [3.63, 3.8) is 0 Å². The van der Waals surface area contributed by atoms with E-state index in [1.165, 1.54) is 0 Å². The molecule has 4 rings (SSSR count). The smallest absolute Gasteiger partial charge is 0.255 e. The van der Waals surface area contributed by atoms with Crippen LogP contribution in [0.1, 0.15) is 45.7 Å². The van der Waals surface area contributed by atoms with Crippen molar-refractivity contribution < 1.29 is 14.1 Å². The predicted octanol–water partition coefficient (Wildman–Crippen LogP) is 3.16. The number of likely N-dealkylation sites (tertiary alicyclic amines) is 1. The highest BCUT2D eigenvalue weighted by Gasteiger charge is 2.31. The second-order valence-corrected chi connectivity index (χ2v) is 7.26. The molecule has 1 atom stereocenters. The first-order chi connectivity index (χ1) is 14.2. The molecule has 1 fully saturated rings. The zero-order chi connectivity index (χ0) is 20.1. The van der Waals surface area contributed by atoms with E-state index < -0.39 is 0 Å². The molecule has 3 aromatic rings. The van der Waals surface area contributed by atoms with Gasteiger partial charge in [0, 0.05) is 31.4 Å². The van der Waals surface area contributed by atoms with Crippen LogP contribution in [0, 0.1) is 6.92 Å². The van der Waals surface area contributed by atoms with Crippen LogP contribution >= 0.6 is 0 Å². The van der Waals surface area contributed by atoms with Crippen LogP contribution in [0.4, 0.5) is 0 Å². The number of rotatable bonds is 7. The maximum Gasteiger partial charge on any atom is 0.255 e. The van der Waals surface area contributed by atoms with Crippen LogP contribution in [0.2, 0.25) is 0 Å². The van der Waals surface area contributed by atoms with Crippen LogP contribution in [0.15, 0.2) is 53.2 Å². The summed E-state index contributed by atoms with van der Waals surface area (Å²) in [5.41, 5.74) is 2.64. The number of amides is 1. The van der Waals surface area contributed by atoms with E-state index in [1.54, 1.807) is 6.20 Å². The fourth-order valence-electron chi connectivity index (χ4n) is 3.39. The van der Waals surface area contributed by atoms with Crippen molar-refractivity contribution in [2.24, 2.45) is 0 Å². The first-order valence-corrected chi connectivity index (χ1v) is 9.85. The lowest BCUT2D eigenvalue weighted by Gasteiger charge is -2.15. The van der Waals surface area contributed by atoms with E-state index in [2.05, 4.69) is 15.1 Å². The quantitative estimate of drug-likeness (QED) is 0.575. The van der Waals surface area contributed by atoms with Crippen LogP contribution in [0.3, 0.4) is 0 Å². The third-order valence-electron chi connectivity index (χ3n) is 5.05. The van der Waals surface area contributed by atoms with Gasteiger partial charge in [-0.2, -0.15) is 4.98 Å². The van der Waals surface area contributed by atoms with Crippen LogP contribution in [-0.2, 0) is 17.8 Å². The molecule has 1 amide bonds. The fraction of sp³-hybridized carbons (Fsp3) is 0.364. The van der Waals surface area contributed by atoms with Crippen molar-refractivity contribution >= 4 is 5.91 Å². The summed E-state index contributed by atoms with van der Waals surface area (Å²) in [6.45, 7) is 4.26. The molecule has 2 aromatic heterocycles. The molecule has 0 bridgehead atoms. The lowest BCUT2D eigenvalue weighted by Crippen LogP contribution is -2.28. The second-order valence-electron chi connectivity index (χ2n) is 7.26. The van der Waals surface area contributed by atoms with Crippen molar-refractivity contribution in [2.45, 2.75) is 32.3 Å². The highest BCUT2D eigenvalue weighted by molar-refractivity contribution is 5.94. The predicted molar refractivity (Wildman–Crippen MR) is 106 cm³/mol. The van der Waals surface area contributed by atoms with Crippen molar-refractivity contribution in [1.82, 2.24) is 20.0 Å². The third-order valence-corrected chi connectivity index (χ3v) is 5.05. The number of benzene rings is 1. The molecule has 0 radical (unpaired) electrons. The van der Waals surface area contributed by atoms with Gasteiger partial charge in [0.1, 0.15) is 0 Å². The zero-order valence-corrected chi connectivity index (χ0v) is 16.5. The molecule has 0 saturated carbocycles. The standard InChI is InChI=1S/C22H24N4O3/c1-16-7-8-18(13-23-16)22(27)26-11-9-19(14-26)21-24-20(25-29-21)10-12-28-15-17-5-3-2-4-6-17/h2-8,13,19H,9-12,14-15H2,1H3. The second kappa shape index (κ2) is 8.96. The monoisotopic (exact) mass is 392 g/mol. The van der Waals surface area contributed by atoms with Crippen molar-refractivity contribution in [3.05, 3.63) is 77.2 Å². The fourth-order valence-corrected chi connectivity index (χ4v) is 3.39. The van der Waals surface area contributed by atoms with E-state index in [0.717, 1.165) is 17.7 Å². The van der Waals surface area contributed by atoms with Gasteiger partial charge in [-0.25, -0.2) is 0 Å². The Morgan fingerprint density at radius 3 is 2.90 bits per heavy atom. The van der Waals surface area contributed by atoms with E-state index in [4.69, 9.17) is 9.26 Å². The van der Waals surface area contributed by atoms with Crippen molar-refractivity contribution in [1.29, 1.82) is 0 Å². The van der Waals surface area contributed by atoms with E-state index in [9.17, 15) is 4.79 Å². The molecule has 1 aliphatic heterocycles. The molecule has 1 unspecified atom stereocenters. The van der Waals surface area contributed by atoms with Gasteiger partial charge < -0.3 is 14.2 Å². The van der Waals surface area contributed by atoms with Gasteiger partial charge in [0.25, 0.3) is 5.91 Å². The van der Waals surface area contributed by atoms with E-state index >= 15 is 0 Å². The molecular weight excluding hydrogens is 368 g/mol. The number of pyridine rings is 1. The number of hydrogen-bond donors (Lipinski definition) is 0. The van der Waals surface area contributed by atoms with Crippen LogP contribution in [-0.4, -0.2) is 45.6 Å². The number of aromatic nitrogens is 3. The normalized spacial score (nSPS) is 16.3. The van der Waals surface area contributed by atoms with Gasteiger partial charge in [-0.1, -0.05) is 35.5 Å². The van der Waals surface area contributed by atoms with Crippen LogP contribution < -0.4 is 0 Å². The molecule has 7 heteroatoms. The molecule has 0 spiro atoms. The summed E-state index contributed by atoms with van der Waals surface area (Å²) >= 11 is 0. The summed E-state index contributed by atoms with van der Waals surface area (Å²) in [7, 11) is 0. The van der Waals surface area contributed by atoms with Crippen molar-refractivity contribution in [2.75, 3.05) is 19.7 Å². The Morgan fingerprint density at radius 1 is 1.24 bits per heavy atom. The molecule has 1 saturated heterocycles. The van der Waals surface area contributed by atoms with Gasteiger partial charge >= 0.3 is 0 Å². The Hall–Kier alpha value is -3.06. The van der Waals surface area contributed by atoms with Crippen LogP contribution in [0.25, 0.3) is 0 Å². The lowest BCUT2D eigenvalue weighted by atomic mass is 10.1. The van der Waals surface area contributed by atoms with E-state index in [1.807, 2.05) is 54.3 Å². The minimum atomic E-state index is -0.00551. The molecule has 0 aliphatic carbocycles. The maximum absolute atomic E-state index is 12.6. The molecular formula is C22H24N4O3. The Bertz CT molecular complexity index is 940. The molecule has 29 heavy (non-hydrogen) atoms. The summed E-state index contributed by atoms with van der Waals surface area (Å²) in [6.07, 6.45) is 3.04. The zero-order valence-electron chi connectivity index (χ0n) is 16.5. The van der Waals surface area contributed by atoms with E-state index in [-0.39, 0.29) is 11.8 Å². The average molecular weight is 392 g/mol. The third kappa shape index (κ3) is 4.86. The van der Waals surface area contributed by atoms with Gasteiger partial charge in [0.05, 0.1) is 24.7 Å². The average Bonchev–Trinajstić information content (AvgIpc) is 3.42. The number of hydrogen-bond acceptors (Lipinski definition) is 6. The number of nitrogens with zero attached hydrogens (tertiary/aromatic N) is 4. The summed E-state index contributed by atoms with van der Waals surface area (Å²) in [5.74, 6) is 1.30. The maximum atomic E-state index is 12.6. The minimum Gasteiger partial charge on any atom is -0.376 e. The van der Waals surface area contributed by atoms with Gasteiger partial charge in [0.15, 0.2) is 5.82 Å². The van der Waals surface area contributed by atoms with Crippen LogP contribution in [0.5, 0.6) is 0 Å². The lowest BCUT2D eigenvalue weighted by molar-refractivity contribution is 0.0789. The van der Waals surface area contributed by atoms with Gasteiger partial charge in [-0.05, 0) is 31.0 Å². The van der Waals surface area contributed by atoms with E-state index in [0.29, 0.717) is 50.0 Å². The summed E-state index contributed by atoms with van der Waals surface area (Å²) in [5, 5.41) is 4.06. The first kappa shape index (κ1) is 19.3. The van der Waals surface area contributed by atoms with Crippen molar-refractivity contribution in [3.8, 4) is 0 Å². The Kier molecular flexibility index (Phi) is 5.95. The summed E-state index contributed by atoms with van der Waals surface area (Å²) in [4.78, 5) is 23.2. The molecule has 150 valence electrons. The molecule has 1 aliphatic rings. The highest BCUT2D eigenvalue weighted by Crippen LogP contribution is 2.27. The highest BCUT2D eigenvalue weighted by atomic mass is 16.5. The topological polar surface area (TPSA) is 81.4 Å². The summed E-state index contributed by atoms with van der Waals surface area (Å²) in [6, 6.07) is 13.7. The Labute approximate surface area is 169 Å². The summed E-state index contributed by atoms with van der Waals surface area (Å²) < 4.78 is 11.1. The number of carbonyl (C=O) groups is 1. The molecule has 3 heterocycles. The SMILES string of the molecule is Cc1ccc(C(=O)N2CCC(c3nc(CCOCc4ccccc4)no3)C2)cn1. The van der Waals surface area contributed by atoms with Gasteiger partial charge in [-0.15, -0.1) is 0 Å². The molecule has 1 aromatic carbocycles. The number of ether oxygens (including phenoxy) is 1. The molecule has 7 nitrogen and oxygen atoms in total. The minimum absolute atomic E-state index is 0.00551. The number of aryl methyl sites for hydroxylation is 1. The first-order valence-electron chi connectivity index (χ1n) is 9.85. The van der Waals surface area contributed by atoms with Gasteiger partial charge in [-0.3, -0.25) is 9.78 Å². The molecule has 0 N–H and O–H groups in total. The number of carbonyl (C=O) groups excluding carboxylic acids is 1. The Morgan fingerprint density at radius 2 is 2.10 bits per heavy atom. The van der Waals surface area contributed by atoms with Gasteiger partial charge in [0.2, 0.25) is 5.89 Å².